The number of halogens is 2. The molecule has 0 aliphatic heterocycles. The van der Waals surface area contributed by atoms with Gasteiger partial charge in [-0.15, -0.1) is 5.17 Å². The summed E-state index contributed by atoms with van der Waals surface area (Å²) in [5, 5.41) is 12.0. The van der Waals surface area contributed by atoms with E-state index >= 15 is 0 Å². The Hall–Kier alpha value is -1.66. The smallest absolute Gasteiger partial charge is 0.236 e. The van der Waals surface area contributed by atoms with Gasteiger partial charge in [-0.1, -0.05) is 24.6 Å². The van der Waals surface area contributed by atoms with Crippen LogP contribution in [0, 0.1) is 11.2 Å². The van der Waals surface area contributed by atoms with Gasteiger partial charge in [-0.2, -0.15) is 5.10 Å². The molecular formula is C11H14ClFN4O. The lowest BCUT2D eigenvalue weighted by Gasteiger charge is -2.14. The van der Waals surface area contributed by atoms with Gasteiger partial charge in [0.2, 0.25) is 5.96 Å². The third-order valence-electron chi connectivity index (χ3n) is 1.92. The fraction of sp³-hybridized carbons (Fsp3) is 0.273. The molecule has 98 valence electrons. The predicted octanol–water partition coefficient (Wildman–Crippen LogP) is 2.35. The summed E-state index contributed by atoms with van der Waals surface area (Å²) in [6.45, 7) is 2.25. The first-order valence-electron chi connectivity index (χ1n) is 5.31. The Bertz CT molecular complexity index is 432. The van der Waals surface area contributed by atoms with Crippen molar-refractivity contribution in [1.82, 2.24) is 5.17 Å². The minimum absolute atomic E-state index is 0.116. The van der Waals surface area contributed by atoms with Gasteiger partial charge in [0.05, 0.1) is 17.8 Å². The number of guanidine groups is 1. The number of benzene rings is 1. The number of rotatable bonds is 5. The van der Waals surface area contributed by atoms with Crippen molar-refractivity contribution in [2.45, 2.75) is 13.3 Å². The van der Waals surface area contributed by atoms with Crippen LogP contribution in [0.3, 0.4) is 0 Å². The summed E-state index contributed by atoms with van der Waals surface area (Å²) in [6.07, 6.45) is 1.90. The first kappa shape index (κ1) is 14.4. The van der Waals surface area contributed by atoms with Crippen molar-refractivity contribution in [3.05, 3.63) is 34.6 Å². The molecule has 5 nitrogen and oxygen atoms in total. The Morgan fingerprint density at radius 2 is 2.39 bits per heavy atom. The van der Waals surface area contributed by atoms with Gasteiger partial charge < -0.3 is 5.73 Å². The summed E-state index contributed by atoms with van der Waals surface area (Å²) >= 11 is 5.82. The van der Waals surface area contributed by atoms with Crippen LogP contribution in [-0.4, -0.2) is 24.0 Å². The molecule has 0 radical (unpaired) electrons. The average molecular weight is 273 g/mol. The highest BCUT2D eigenvalue weighted by molar-refractivity contribution is 6.33. The molecule has 0 amide bonds. The molecule has 0 aliphatic carbocycles. The highest BCUT2D eigenvalue weighted by atomic mass is 35.5. The van der Waals surface area contributed by atoms with Crippen LogP contribution in [0.25, 0.3) is 0 Å². The monoisotopic (exact) mass is 272 g/mol. The van der Waals surface area contributed by atoms with E-state index in [4.69, 9.17) is 27.6 Å². The minimum atomic E-state index is -0.509. The number of hydrogen-bond donors (Lipinski definition) is 2. The van der Waals surface area contributed by atoms with Gasteiger partial charge in [-0.05, 0) is 18.6 Å². The summed E-state index contributed by atoms with van der Waals surface area (Å²) in [5.74, 6) is -0.905. The van der Waals surface area contributed by atoms with Crippen LogP contribution < -0.4 is 5.73 Å². The minimum Gasteiger partial charge on any atom is -0.367 e. The van der Waals surface area contributed by atoms with Crippen LogP contribution in [0.5, 0.6) is 0 Å². The van der Waals surface area contributed by atoms with Crippen molar-refractivity contribution in [3.63, 3.8) is 0 Å². The molecule has 0 fully saturated rings. The Balaban J connectivity index is 2.85. The van der Waals surface area contributed by atoms with Gasteiger partial charge in [0, 0.05) is 5.56 Å². The molecular weight excluding hydrogens is 259 g/mol. The van der Waals surface area contributed by atoms with E-state index in [1.165, 1.54) is 18.2 Å². The van der Waals surface area contributed by atoms with E-state index in [1.54, 1.807) is 0 Å². The Morgan fingerprint density at radius 3 is 2.94 bits per heavy atom. The van der Waals surface area contributed by atoms with Crippen molar-refractivity contribution in [3.8, 4) is 0 Å². The Labute approximate surface area is 109 Å². The van der Waals surface area contributed by atoms with Crippen LogP contribution >= 0.6 is 11.6 Å². The molecule has 0 heterocycles. The summed E-state index contributed by atoms with van der Waals surface area (Å²) in [7, 11) is 0. The van der Waals surface area contributed by atoms with Gasteiger partial charge >= 0.3 is 0 Å². The third-order valence-corrected chi connectivity index (χ3v) is 2.24. The van der Waals surface area contributed by atoms with Gasteiger partial charge in [0.15, 0.2) is 0 Å². The predicted molar refractivity (Wildman–Crippen MR) is 69.0 cm³/mol. The van der Waals surface area contributed by atoms with E-state index in [2.05, 4.69) is 5.10 Å². The largest absolute Gasteiger partial charge is 0.367 e. The summed E-state index contributed by atoms with van der Waals surface area (Å²) in [6, 6.07) is 4.29. The van der Waals surface area contributed by atoms with E-state index in [-0.39, 0.29) is 10.6 Å². The first-order valence-corrected chi connectivity index (χ1v) is 5.69. The maximum absolute atomic E-state index is 13.4. The third kappa shape index (κ3) is 3.97. The van der Waals surface area contributed by atoms with Crippen molar-refractivity contribution < 1.29 is 9.23 Å². The number of hydrazone groups is 1. The van der Waals surface area contributed by atoms with E-state index in [0.29, 0.717) is 6.61 Å². The molecule has 0 atom stereocenters. The van der Waals surface area contributed by atoms with Gasteiger partial charge in [0.25, 0.3) is 0 Å². The van der Waals surface area contributed by atoms with Gasteiger partial charge in [-0.3, -0.25) is 5.41 Å². The molecule has 0 unspecified atom stereocenters. The number of hydrogen-bond acceptors (Lipinski definition) is 3. The highest BCUT2D eigenvalue weighted by Crippen LogP contribution is 2.16. The molecule has 7 heteroatoms. The maximum Gasteiger partial charge on any atom is 0.236 e. The van der Waals surface area contributed by atoms with Crippen LogP contribution in [0.15, 0.2) is 23.3 Å². The van der Waals surface area contributed by atoms with Gasteiger partial charge in [0.1, 0.15) is 5.82 Å². The lowest BCUT2D eigenvalue weighted by Crippen LogP contribution is -2.32. The molecule has 0 saturated carbocycles. The molecule has 18 heavy (non-hydrogen) atoms. The normalized spacial score (nSPS) is 10.8. The van der Waals surface area contributed by atoms with Gasteiger partial charge in [-0.25, -0.2) is 9.23 Å². The summed E-state index contributed by atoms with van der Waals surface area (Å²) in [5.41, 5.74) is 5.38. The Kier molecular flexibility index (Phi) is 5.54. The van der Waals surface area contributed by atoms with Crippen molar-refractivity contribution in [2.75, 3.05) is 6.61 Å². The molecule has 0 saturated heterocycles. The zero-order valence-electron chi connectivity index (χ0n) is 9.86. The average Bonchev–Trinajstić information content (AvgIpc) is 2.31. The zero-order chi connectivity index (χ0) is 13.5. The van der Waals surface area contributed by atoms with E-state index in [0.717, 1.165) is 17.8 Å². The zero-order valence-corrected chi connectivity index (χ0v) is 10.6. The van der Waals surface area contributed by atoms with Crippen molar-refractivity contribution >= 4 is 23.8 Å². The number of nitrogens with one attached hydrogen (secondary N) is 1. The number of nitrogens with zero attached hydrogens (tertiary/aromatic N) is 2. The van der Waals surface area contributed by atoms with Crippen LogP contribution in [0.1, 0.15) is 18.9 Å². The maximum atomic E-state index is 13.4. The molecule has 1 rings (SSSR count). The van der Waals surface area contributed by atoms with Crippen molar-refractivity contribution in [2.24, 2.45) is 10.8 Å². The van der Waals surface area contributed by atoms with Crippen molar-refractivity contribution in [1.29, 1.82) is 5.41 Å². The molecule has 0 bridgehead atoms. The molecule has 3 N–H and O–H groups in total. The second-order valence-corrected chi connectivity index (χ2v) is 3.78. The lowest BCUT2D eigenvalue weighted by atomic mass is 10.2. The van der Waals surface area contributed by atoms with Crippen LogP contribution in [0.4, 0.5) is 4.39 Å². The molecule has 0 aromatic heterocycles. The molecule has 0 aliphatic rings. The highest BCUT2D eigenvalue weighted by Gasteiger charge is 2.07. The first-order chi connectivity index (χ1) is 8.56. The Morgan fingerprint density at radius 1 is 1.67 bits per heavy atom. The molecule has 0 spiro atoms. The summed E-state index contributed by atoms with van der Waals surface area (Å²) in [4.78, 5) is 5.07. The SMILES string of the molecule is CCCON(/N=C/c1c(F)cccc1Cl)C(=N)N. The quantitative estimate of drug-likeness (QED) is 0.491. The lowest BCUT2D eigenvalue weighted by molar-refractivity contribution is -0.0995. The van der Waals surface area contributed by atoms with E-state index in [1.807, 2.05) is 6.92 Å². The standard InChI is InChI=1S/C11H14ClFN4O/c1-2-6-18-17(11(14)15)16-7-8-9(12)4-3-5-10(8)13/h3-5,7H,2,6H2,1H3,(H3,14,15)/b16-7+. The summed E-state index contributed by atoms with van der Waals surface area (Å²) < 4.78 is 13.4. The topological polar surface area (TPSA) is 74.7 Å². The number of hydroxylamine groups is 1. The van der Waals surface area contributed by atoms with Crippen LogP contribution in [-0.2, 0) is 4.84 Å². The second kappa shape index (κ2) is 6.93. The molecule has 1 aromatic rings. The van der Waals surface area contributed by atoms with E-state index in [9.17, 15) is 4.39 Å². The van der Waals surface area contributed by atoms with Crippen LogP contribution in [0.2, 0.25) is 5.02 Å². The fourth-order valence-corrected chi connectivity index (χ4v) is 1.30. The van der Waals surface area contributed by atoms with E-state index < -0.39 is 11.8 Å². The second-order valence-electron chi connectivity index (χ2n) is 3.37. The number of nitrogens with two attached hydrogens (primary N) is 1. The molecule has 1 aromatic carbocycles. The fourth-order valence-electron chi connectivity index (χ4n) is 1.09.